The van der Waals surface area contributed by atoms with Gasteiger partial charge in [-0.1, -0.05) is 52.5 Å². The molecular formula is C34H38Cl2FN3O2. The number of hydrogen-bond acceptors (Lipinski definition) is 4. The van der Waals surface area contributed by atoms with E-state index in [1.807, 2.05) is 57.3 Å². The summed E-state index contributed by atoms with van der Waals surface area (Å²) >= 11 is 12.7. The molecule has 1 N–H and O–H groups in total. The largest absolute Gasteiger partial charge is 0.360 e. The zero-order chi connectivity index (χ0) is 30.2. The van der Waals surface area contributed by atoms with E-state index in [0.29, 0.717) is 53.5 Å². The van der Waals surface area contributed by atoms with E-state index in [0.717, 1.165) is 35.5 Å². The average molecular weight is 611 g/mol. The van der Waals surface area contributed by atoms with Gasteiger partial charge < -0.3 is 15.1 Å². The van der Waals surface area contributed by atoms with Gasteiger partial charge in [0.2, 0.25) is 0 Å². The van der Waals surface area contributed by atoms with Gasteiger partial charge in [0.05, 0.1) is 16.1 Å². The Bertz CT molecular complexity index is 1480. The van der Waals surface area contributed by atoms with Gasteiger partial charge in [-0.3, -0.25) is 9.59 Å². The monoisotopic (exact) mass is 609 g/mol. The fourth-order valence-electron chi connectivity index (χ4n) is 7.23. The highest BCUT2D eigenvalue weighted by Crippen LogP contribution is 2.52. The summed E-state index contributed by atoms with van der Waals surface area (Å²) in [6.45, 7) is 8.03. The molecule has 1 spiro atoms. The van der Waals surface area contributed by atoms with Crippen molar-refractivity contribution in [2.75, 3.05) is 38.1 Å². The van der Waals surface area contributed by atoms with Crippen molar-refractivity contribution in [1.82, 2.24) is 10.2 Å². The van der Waals surface area contributed by atoms with E-state index >= 15 is 4.39 Å². The third kappa shape index (κ3) is 5.82. The first-order valence-electron chi connectivity index (χ1n) is 14.6. The molecule has 8 heteroatoms. The molecule has 2 aliphatic rings. The van der Waals surface area contributed by atoms with Crippen LogP contribution in [0.25, 0.3) is 0 Å². The van der Waals surface area contributed by atoms with Gasteiger partial charge in [-0.2, -0.15) is 0 Å². The van der Waals surface area contributed by atoms with Crippen LogP contribution in [-0.4, -0.2) is 55.9 Å². The molecule has 2 atom stereocenters. The summed E-state index contributed by atoms with van der Waals surface area (Å²) in [7, 11) is 1.81. The van der Waals surface area contributed by atoms with Crippen molar-refractivity contribution in [1.29, 1.82) is 0 Å². The summed E-state index contributed by atoms with van der Waals surface area (Å²) < 4.78 is 15.5. The SMILES string of the molecule is CC(=O)[C@@H]1N(CC[C@H](CN(C)C(=O)c2cc(C)cc(C)c2)c2ccc(Cl)c(Cl)c2)c2cccc(F)c2C12CCNCC2. The number of benzene rings is 3. The van der Waals surface area contributed by atoms with E-state index in [1.165, 1.54) is 6.07 Å². The zero-order valence-corrected chi connectivity index (χ0v) is 26.2. The van der Waals surface area contributed by atoms with Crippen molar-refractivity contribution < 1.29 is 14.0 Å². The Morgan fingerprint density at radius 3 is 2.38 bits per heavy atom. The van der Waals surface area contributed by atoms with Crippen LogP contribution in [0.5, 0.6) is 0 Å². The van der Waals surface area contributed by atoms with Crippen LogP contribution in [0.1, 0.15) is 64.7 Å². The maximum atomic E-state index is 15.5. The van der Waals surface area contributed by atoms with Crippen molar-refractivity contribution in [3.05, 3.63) is 98.3 Å². The van der Waals surface area contributed by atoms with Crippen molar-refractivity contribution in [3.63, 3.8) is 0 Å². The van der Waals surface area contributed by atoms with Crippen molar-refractivity contribution >= 4 is 40.6 Å². The number of aryl methyl sites for hydroxylation is 2. The van der Waals surface area contributed by atoms with Gasteiger partial charge in [-0.25, -0.2) is 4.39 Å². The van der Waals surface area contributed by atoms with E-state index in [-0.39, 0.29) is 23.4 Å². The smallest absolute Gasteiger partial charge is 0.253 e. The van der Waals surface area contributed by atoms with Gasteiger partial charge in [0.15, 0.2) is 5.78 Å². The molecule has 3 aromatic rings. The number of halogens is 3. The minimum atomic E-state index is -0.563. The second-order valence-electron chi connectivity index (χ2n) is 12.0. The predicted molar refractivity (Wildman–Crippen MR) is 169 cm³/mol. The molecule has 5 rings (SSSR count). The van der Waals surface area contributed by atoms with Crippen LogP contribution in [-0.2, 0) is 10.2 Å². The Kier molecular flexibility index (Phi) is 8.98. The summed E-state index contributed by atoms with van der Waals surface area (Å²) in [6.07, 6.45) is 2.02. The highest BCUT2D eigenvalue weighted by molar-refractivity contribution is 6.42. The third-order valence-electron chi connectivity index (χ3n) is 8.96. The lowest BCUT2D eigenvalue weighted by Gasteiger charge is -2.41. The molecule has 2 heterocycles. The lowest BCUT2D eigenvalue weighted by atomic mass is 9.68. The molecule has 2 aliphatic heterocycles. The molecule has 0 radical (unpaired) electrons. The lowest BCUT2D eigenvalue weighted by Crippen LogP contribution is -2.54. The molecule has 1 saturated heterocycles. The molecule has 0 unspecified atom stereocenters. The lowest BCUT2D eigenvalue weighted by molar-refractivity contribution is -0.119. The number of carbonyl (C=O) groups excluding carboxylic acids is 2. The number of rotatable bonds is 8. The number of likely N-dealkylation sites (N-methyl/N-ethyl adjacent to an activating group) is 1. The summed E-state index contributed by atoms with van der Waals surface area (Å²) in [5.74, 6) is -0.367. The molecule has 0 bridgehead atoms. The summed E-state index contributed by atoms with van der Waals surface area (Å²) in [6, 6.07) is 16.2. The molecular weight excluding hydrogens is 572 g/mol. The van der Waals surface area contributed by atoms with Crippen LogP contribution in [0.4, 0.5) is 10.1 Å². The van der Waals surface area contributed by atoms with Gasteiger partial charge in [0.25, 0.3) is 5.91 Å². The number of amides is 1. The number of nitrogens with zero attached hydrogens (tertiary/aromatic N) is 2. The summed E-state index contributed by atoms with van der Waals surface area (Å²) in [4.78, 5) is 30.7. The minimum Gasteiger partial charge on any atom is -0.360 e. The van der Waals surface area contributed by atoms with E-state index in [4.69, 9.17) is 23.2 Å². The zero-order valence-electron chi connectivity index (χ0n) is 24.6. The number of anilines is 1. The Balaban J connectivity index is 1.47. The van der Waals surface area contributed by atoms with Gasteiger partial charge >= 0.3 is 0 Å². The molecule has 0 saturated carbocycles. The Morgan fingerprint density at radius 1 is 1.05 bits per heavy atom. The number of piperidine rings is 1. The van der Waals surface area contributed by atoms with Crippen molar-refractivity contribution in [2.45, 2.75) is 57.4 Å². The first kappa shape index (κ1) is 30.5. The number of nitrogens with one attached hydrogen (secondary N) is 1. The van der Waals surface area contributed by atoms with Crippen LogP contribution < -0.4 is 10.2 Å². The van der Waals surface area contributed by atoms with Crippen molar-refractivity contribution in [2.24, 2.45) is 0 Å². The predicted octanol–water partition coefficient (Wildman–Crippen LogP) is 7.09. The Morgan fingerprint density at radius 2 is 1.74 bits per heavy atom. The average Bonchev–Trinajstić information content (AvgIpc) is 3.21. The topological polar surface area (TPSA) is 52.7 Å². The van der Waals surface area contributed by atoms with Crippen LogP contribution in [0.3, 0.4) is 0 Å². The van der Waals surface area contributed by atoms with Crippen LogP contribution >= 0.6 is 23.2 Å². The fraction of sp³-hybridized carbons (Fsp3) is 0.412. The molecule has 1 amide bonds. The number of Topliss-reactive ketones (excluding diaryl/α,β-unsaturated/α-hetero) is 1. The quantitative estimate of drug-likeness (QED) is 0.296. The van der Waals surface area contributed by atoms with Crippen molar-refractivity contribution in [3.8, 4) is 0 Å². The van der Waals surface area contributed by atoms with Crippen LogP contribution in [0.2, 0.25) is 10.0 Å². The Hall–Kier alpha value is -2.93. The van der Waals surface area contributed by atoms with E-state index in [2.05, 4.69) is 10.2 Å². The molecule has 1 fully saturated rings. The van der Waals surface area contributed by atoms with E-state index in [9.17, 15) is 9.59 Å². The number of ketones is 1. The number of fused-ring (bicyclic) bond motifs is 2. The van der Waals surface area contributed by atoms with Gasteiger partial charge in [0, 0.05) is 48.3 Å². The number of hydrogen-bond donors (Lipinski definition) is 1. The highest BCUT2D eigenvalue weighted by atomic mass is 35.5. The van der Waals surface area contributed by atoms with Crippen LogP contribution in [0.15, 0.2) is 54.6 Å². The van der Waals surface area contributed by atoms with E-state index in [1.54, 1.807) is 24.0 Å². The van der Waals surface area contributed by atoms with Gasteiger partial charge in [0.1, 0.15) is 5.82 Å². The molecule has 3 aromatic carbocycles. The van der Waals surface area contributed by atoms with E-state index < -0.39 is 11.5 Å². The maximum absolute atomic E-state index is 15.5. The fourth-order valence-corrected chi connectivity index (χ4v) is 7.54. The summed E-state index contributed by atoms with van der Waals surface area (Å²) in [5, 5.41) is 4.30. The highest BCUT2D eigenvalue weighted by Gasteiger charge is 2.54. The number of carbonyl (C=O) groups is 2. The standard InChI is InChI=1S/C34H38Cl2FN3O2/c1-21-16-22(2)18-26(17-21)33(42)39(4)20-25(24-8-9-27(35)28(36)19-24)10-15-40-30-7-5-6-29(37)31(30)34(32(40)23(3)41)11-13-38-14-12-34/h5-9,16-19,25,32,38H,10-15,20H2,1-4H3/t25-,32+/m1/s1. The first-order valence-corrected chi connectivity index (χ1v) is 15.3. The maximum Gasteiger partial charge on any atom is 0.253 e. The molecule has 0 aliphatic carbocycles. The minimum absolute atomic E-state index is 0.0423. The molecule has 0 aromatic heterocycles. The van der Waals surface area contributed by atoms with Crippen LogP contribution in [0, 0.1) is 19.7 Å². The normalized spacial score (nSPS) is 18.2. The Labute approximate surface area is 258 Å². The second-order valence-corrected chi connectivity index (χ2v) is 12.8. The first-order chi connectivity index (χ1) is 20.0. The van der Waals surface area contributed by atoms with Gasteiger partial charge in [-0.15, -0.1) is 0 Å². The molecule has 222 valence electrons. The van der Waals surface area contributed by atoms with Gasteiger partial charge in [-0.05, 0) is 95.1 Å². The molecule has 42 heavy (non-hydrogen) atoms. The summed E-state index contributed by atoms with van der Waals surface area (Å²) in [5.41, 5.74) is 4.58. The second kappa shape index (κ2) is 12.4. The molecule has 5 nitrogen and oxygen atoms in total. The third-order valence-corrected chi connectivity index (χ3v) is 9.70.